The monoisotopic (exact) mass is 266 g/mol. The van der Waals surface area contributed by atoms with Gasteiger partial charge in [0.1, 0.15) is 0 Å². The first-order chi connectivity index (χ1) is 9.05. The van der Waals surface area contributed by atoms with Crippen molar-refractivity contribution in [2.45, 2.75) is 71.8 Å². The predicted molar refractivity (Wildman–Crippen MR) is 83.5 cm³/mol. The average Bonchev–Trinajstić information content (AvgIpc) is 2.55. The number of hydrogen-bond acceptors (Lipinski definition) is 2. The standard InChI is InChI=1S/C17H34N2/c1-15-12-16(14-17(2,3)13-15)18-8-11-19-9-6-4-5-7-10-19/h15-16,18H,4-14H2,1-3H3. The average molecular weight is 266 g/mol. The smallest absolute Gasteiger partial charge is 0.0107 e. The van der Waals surface area contributed by atoms with Gasteiger partial charge in [-0.2, -0.15) is 0 Å². The Kier molecular flexibility index (Phi) is 5.70. The molecule has 2 rings (SSSR count). The first-order valence-corrected chi connectivity index (χ1v) is 8.51. The molecular weight excluding hydrogens is 232 g/mol. The summed E-state index contributed by atoms with van der Waals surface area (Å²) < 4.78 is 0. The van der Waals surface area contributed by atoms with E-state index in [4.69, 9.17) is 0 Å². The Bertz CT molecular complexity index is 254. The van der Waals surface area contributed by atoms with Crippen LogP contribution in [0.15, 0.2) is 0 Å². The third-order valence-corrected chi connectivity index (χ3v) is 4.95. The van der Waals surface area contributed by atoms with E-state index in [1.807, 2.05) is 0 Å². The molecule has 19 heavy (non-hydrogen) atoms. The molecule has 2 fully saturated rings. The van der Waals surface area contributed by atoms with Gasteiger partial charge in [-0.15, -0.1) is 0 Å². The van der Waals surface area contributed by atoms with Gasteiger partial charge in [0.2, 0.25) is 0 Å². The molecule has 1 heterocycles. The Hall–Kier alpha value is -0.0800. The van der Waals surface area contributed by atoms with Gasteiger partial charge in [0.25, 0.3) is 0 Å². The third-order valence-electron chi connectivity index (χ3n) is 4.95. The van der Waals surface area contributed by atoms with Crippen LogP contribution in [0.3, 0.4) is 0 Å². The Balaban J connectivity index is 1.67. The van der Waals surface area contributed by atoms with Crippen molar-refractivity contribution in [3.63, 3.8) is 0 Å². The van der Waals surface area contributed by atoms with Gasteiger partial charge in [0.05, 0.1) is 0 Å². The van der Waals surface area contributed by atoms with Crippen molar-refractivity contribution in [3.05, 3.63) is 0 Å². The highest BCUT2D eigenvalue weighted by Gasteiger charge is 2.31. The molecule has 0 aromatic carbocycles. The predicted octanol–water partition coefficient (Wildman–Crippen LogP) is 3.67. The maximum absolute atomic E-state index is 3.83. The third kappa shape index (κ3) is 5.43. The first kappa shape index (κ1) is 15.3. The zero-order chi connectivity index (χ0) is 13.7. The zero-order valence-corrected chi connectivity index (χ0v) is 13.4. The van der Waals surface area contributed by atoms with E-state index in [2.05, 4.69) is 31.0 Å². The van der Waals surface area contributed by atoms with Gasteiger partial charge in [-0.3, -0.25) is 0 Å². The maximum atomic E-state index is 3.83. The minimum absolute atomic E-state index is 0.540. The lowest BCUT2D eigenvalue weighted by Crippen LogP contribution is -2.43. The van der Waals surface area contributed by atoms with Crippen LogP contribution < -0.4 is 5.32 Å². The molecule has 0 bridgehead atoms. The van der Waals surface area contributed by atoms with Crippen LogP contribution in [0.4, 0.5) is 0 Å². The van der Waals surface area contributed by atoms with Crippen molar-refractivity contribution in [1.82, 2.24) is 10.2 Å². The van der Waals surface area contributed by atoms with Gasteiger partial charge in [0, 0.05) is 19.1 Å². The van der Waals surface area contributed by atoms with Crippen molar-refractivity contribution in [2.75, 3.05) is 26.2 Å². The highest BCUT2D eigenvalue weighted by atomic mass is 15.1. The minimum Gasteiger partial charge on any atom is -0.313 e. The summed E-state index contributed by atoms with van der Waals surface area (Å²) in [6.07, 6.45) is 9.84. The second-order valence-electron chi connectivity index (χ2n) is 7.82. The molecule has 1 aliphatic carbocycles. The van der Waals surface area contributed by atoms with E-state index in [1.165, 1.54) is 71.1 Å². The molecule has 1 saturated heterocycles. The zero-order valence-electron chi connectivity index (χ0n) is 13.4. The van der Waals surface area contributed by atoms with Crippen LogP contribution >= 0.6 is 0 Å². The molecule has 2 unspecified atom stereocenters. The van der Waals surface area contributed by atoms with Gasteiger partial charge in [-0.05, 0) is 56.5 Å². The van der Waals surface area contributed by atoms with E-state index in [9.17, 15) is 0 Å². The number of likely N-dealkylation sites (tertiary alicyclic amines) is 1. The Labute approximate surface area is 120 Å². The van der Waals surface area contributed by atoms with Crippen LogP contribution in [0.25, 0.3) is 0 Å². The fourth-order valence-electron chi connectivity index (χ4n) is 4.29. The summed E-state index contributed by atoms with van der Waals surface area (Å²) in [6.45, 7) is 12.4. The number of hydrogen-bond donors (Lipinski definition) is 1. The second kappa shape index (κ2) is 7.08. The van der Waals surface area contributed by atoms with E-state index < -0.39 is 0 Å². The van der Waals surface area contributed by atoms with Crippen molar-refractivity contribution in [3.8, 4) is 0 Å². The van der Waals surface area contributed by atoms with E-state index in [-0.39, 0.29) is 0 Å². The Morgan fingerprint density at radius 2 is 1.74 bits per heavy atom. The van der Waals surface area contributed by atoms with E-state index >= 15 is 0 Å². The molecule has 112 valence electrons. The van der Waals surface area contributed by atoms with Gasteiger partial charge in [-0.1, -0.05) is 33.6 Å². The molecular formula is C17H34N2. The summed E-state index contributed by atoms with van der Waals surface area (Å²) in [7, 11) is 0. The lowest BCUT2D eigenvalue weighted by molar-refractivity contribution is 0.148. The van der Waals surface area contributed by atoms with Crippen molar-refractivity contribution in [2.24, 2.45) is 11.3 Å². The van der Waals surface area contributed by atoms with Crippen LogP contribution in [-0.4, -0.2) is 37.1 Å². The molecule has 2 aliphatic rings. The summed E-state index contributed by atoms with van der Waals surface area (Å²) in [6, 6.07) is 0.755. The highest BCUT2D eigenvalue weighted by molar-refractivity contribution is 4.86. The minimum atomic E-state index is 0.540. The number of rotatable bonds is 4. The quantitative estimate of drug-likeness (QED) is 0.835. The molecule has 0 aromatic heterocycles. The summed E-state index contributed by atoms with van der Waals surface area (Å²) in [5.41, 5.74) is 0.540. The van der Waals surface area contributed by atoms with Crippen LogP contribution in [0.5, 0.6) is 0 Å². The fraction of sp³-hybridized carbons (Fsp3) is 1.00. The number of nitrogens with one attached hydrogen (secondary N) is 1. The highest BCUT2D eigenvalue weighted by Crippen LogP contribution is 2.38. The Morgan fingerprint density at radius 3 is 2.37 bits per heavy atom. The molecule has 2 nitrogen and oxygen atoms in total. The van der Waals surface area contributed by atoms with Crippen LogP contribution in [0.2, 0.25) is 0 Å². The Morgan fingerprint density at radius 1 is 1.05 bits per heavy atom. The topological polar surface area (TPSA) is 15.3 Å². The molecule has 0 aromatic rings. The molecule has 1 saturated carbocycles. The van der Waals surface area contributed by atoms with Crippen LogP contribution in [0, 0.1) is 11.3 Å². The molecule has 2 atom stereocenters. The first-order valence-electron chi connectivity index (χ1n) is 8.51. The SMILES string of the molecule is CC1CC(NCCN2CCCCCC2)CC(C)(C)C1. The van der Waals surface area contributed by atoms with Crippen molar-refractivity contribution in [1.29, 1.82) is 0 Å². The van der Waals surface area contributed by atoms with Gasteiger partial charge in [0.15, 0.2) is 0 Å². The van der Waals surface area contributed by atoms with E-state index in [1.54, 1.807) is 0 Å². The van der Waals surface area contributed by atoms with Crippen LogP contribution in [-0.2, 0) is 0 Å². The lowest BCUT2D eigenvalue weighted by Gasteiger charge is -2.39. The van der Waals surface area contributed by atoms with Crippen molar-refractivity contribution < 1.29 is 0 Å². The fourth-order valence-corrected chi connectivity index (χ4v) is 4.29. The second-order valence-corrected chi connectivity index (χ2v) is 7.82. The van der Waals surface area contributed by atoms with E-state index in [0.717, 1.165) is 12.0 Å². The lowest BCUT2D eigenvalue weighted by atomic mass is 9.70. The molecule has 0 radical (unpaired) electrons. The van der Waals surface area contributed by atoms with Gasteiger partial charge >= 0.3 is 0 Å². The maximum Gasteiger partial charge on any atom is 0.0107 e. The molecule has 0 spiro atoms. The van der Waals surface area contributed by atoms with E-state index in [0.29, 0.717) is 5.41 Å². The largest absolute Gasteiger partial charge is 0.313 e. The summed E-state index contributed by atoms with van der Waals surface area (Å²) in [4.78, 5) is 2.66. The van der Waals surface area contributed by atoms with Gasteiger partial charge in [-0.25, -0.2) is 0 Å². The molecule has 1 aliphatic heterocycles. The summed E-state index contributed by atoms with van der Waals surface area (Å²) in [5, 5.41) is 3.83. The normalized spacial score (nSPS) is 33.0. The molecule has 1 N–H and O–H groups in total. The van der Waals surface area contributed by atoms with Crippen LogP contribution in [0.1, 0.15) is 65.7 Å². The summed E-state index contributed by atoms with van der Waals surface area (Å²) in [5.74, 6) is 0.888. The van der Waals surface area contributed by atoms with Crippen molar-refractivity contribution >= 4 is 0 Å². The number of nitrogens with zero attached hydrogens (tertiary/aromatic N) is 1. The van der Waals surface area contributed by atoms with Gasteiger partial charge < -0.3 is 10.2 Å². The molecule has 2 heteroatoms. The summed E-state index contributed by atoms with van der Waals surface area (Å²) >= 11 is 0. The molecule has 0 amide bonds.